The number of hydrogen-bond donors (Lipinski definition) is 0. The second-order valence-electron chi connectivity index (χ2n) is 11.9. The number of carbonyl (C=O) groups excluding carboxylic acids is 2. The first kappa shape index (κ1) is 31.4. The summed E-state index contributed by atoms with van der Waals surface area (Å²) in [5, 5.41) is 0. The zero-order valence-electron chi connectivity index (χ0n) is 24.9. The van der Waals surface area contributed by atoms with Gasteiger partial charge >= 0.3 is 12.1 Å². The molecular weight excluding hydrogens is 573 g/mol. The van der Waals surface area contributed by atoms with Crippen molar-refractivity contribution >= 4 is 11.9 Å². The first-order valence-electron chi connectivity index (χ1n) is 14.9. The van der Waals surface area contributed by atoms with Crippen molar-refractivity contribution in [1.29, 1.82) is 0 Å². The molecule has 1 atom stereocenters. The lowest BCUT2D eigenvalue weighted by Gasteiger charge is -2.43. The summed E-state index contributed by atoms with van der Waals surface area (Å²) in [6.07, 6.45) is -4.86. The van der Waals surface area contributed by atoms with Gasteiger partial charge in [-0.15, -0.1) is 0 Å². The van der Waals surface area contributed by atoms with Crippen LogP contribution in [0.3, 0.4) is 0 Å². The van der Waals surface area contributed by atoms with Crippen LogP contribution in [0.15, 0.2) is 78.9 Å². The molecule has 0 saturated carbocycles. The van der Waals surface area contributed by atoms with E-state index in [1.165, 1.54) is 0 Å². The highest BCUT2D eigenvalue weighted by Crippen LogP contribution is 2.47. The number of benzene rings is 3. The zero-order chi connectivity index (χ0) is 31.3. The molecule has 234 valence electrons. The molecule has 1 unspecified atom stereocenters. The molecule has 2 aliphatic rings. The van der Waals surface area contributed by atoms with E-state index >= 15 is 0 Å². The minimum Gasteiger partial charge on any atom is -0.493 e. The summed E-state index contributed by atoms with van der Waals surface area (Å²) in [7, 11) is 0. The van der Waals surface area contributed by atoms with E-state index in [0.29, 0.717) is 74.2 Å². The maximum atomic E-state index is 13.5. The highest BCUT2D eigenvalue weighted by molar-refractivity contribution is 5.94. The Hall–Kier alpha value is -4.05. The van der Waals surface area contributed by atoms with Crippen LogP contribution >= 0.6 is 0 Å². The van der Waals surface area contributed by atoms with Gasteiger partial charge in [0.05, 0.1) is 6.61 Å². The van der Waals surface area contributed by atoms with Gasteiger partial charge in [0.25, 0.3) is 5.91 Å². The number of carbonyl (C=O) groups is 2. The maximum Gasteiger partial charge on any atom is 0.490 e. The quantitative estimate of drug-likeness (QED) is 0.242. The SMILES string of the molecule is CC(C)COc1ccccc1CN1CCC2(CCN(C(=O)c3cccc(Oc4ccccc4)c3)CC2)C1OC(=O)C(F)(F)F. The molecule has 0 radical (unpaired) electrons. The van der Waals surface area contributed by atoms with Gasteiger partial charge in [0.1, 0.15) is 17.2 Å². The molecule has 2 saturated heterocycles. The number of halogens is 3. The lowest BCUT2D eigenvalue weighted by molar-refractivity contribution is -0.220. The molecule has 0 aliphatic carbocycles. The molecule has 2 heterocycles. The molecule has 44 heavy (non-hydrogen) atoms. The van der Waals surface area contributed by atoms with Crippen molar-refractivity contribution < 1.29 is 37.0 Å². The van der Waals surface area contributed by atoms with E-state index in [0.717, 1.165) is 5.56 Å². The van der Waals surface area contributed by atoms with Crippen molar-refractivity contribution in [1.82, 2.24) is 9.80 Å². The molecular formula is C34H37F3N2O5. The molecule has 1 amide bonds. The number of alkyl halides is 3. The van der Waals surface area contributed by atoms with Crippen molar-refractivity contribution in [3.8, 4) is 17.2 Å². The van der Waals surface area contributed by atoms with Crippen molar-refractivity contribution in [3.05, 3.63) is 90.0 Å². The van der Waals surface area contributed by atoms with Crippen LogP contribution in [0.1, 0.15) is 49.0 Å². The number of nitrogens with zero attached hydrogens (tertiary/aromatic N) is 2. The lowest BCUT2D eigenvalue weighted by atomic mass is 9.76. The molecule has 0 N–H and O–H groups in total. The van der Waals surface area contributed by atoms with Gasteiger partial charge in [0.2, 0.25) is 0 Å². The Balaban J connectivity index is 1.30. The van der Waals surface area contributed by atoms with Gasteiger partial charge in [-0.2, -0.15) is 13.2 Å². The monoisotopic (exact) mass is 610 g/mol. The smallest absolute Gasteiger partial charge is 0.490 e. The van der Waals surface area contributed by atoms with Crippen molar-refractivity contribution in [2.24, 2.45) is 11.3 Å². The maximum absolute atomic E-state index is 13.5. The summed E-state index contributed by atoms with van der Waals surface area (Å²) >= 11 is 0. The highest BCUT2D eigenvalue weighted by atomic mass is 19.4. The van der Waals surface area contributed by atoms with Crippen LogP contribution < -0.4 is 9.47 Å². The van der Waals surface area contributed by atoms with Crippen LogP contribution in [-0.2, 0) is 16.1 Å². The molecule has 2 fully saturated rings. The predicted octanol–water partition coefficient (Wildman–Crippen LogP) is 7.07. The van der Waals surface area contributed by atoms with Crippen LogP contribution in [-0.4, -0.2) is 60.3 Å². The third-order valence-electron chi connectivity index (χ3n) is 8.23. The number of esters is 1. The molecule has 7 nitrogen and oxygen atoms in total. The predicted molar refractivity (Wildman–Crippen MR) is 158 cm³/mol. The van der Waals surface area contributed by atoms with Gasteiger partial charge in [0, 0.05) is 42.7 Å². The van der Waals surface area contributed by atoms with Crippen LogP contribution in [0.25, 0.3) is 0 Å². The Morgan fingerprint density at radius 1 is 0.886 bits per heavy atom. The van der Waals surface area contributed by atoms with Crippen LogP contribution in [0, 0.1) is 11.3 Å². The molecule has 2 aliphatic heterocycles. The molecule has 3 aromatic carbocycles. The molecule has 3 aromatic rings. The second kappa shape index (κ2) is 13.3. The van der Waals surface area contributed by atoms with E-state index in [1.54, 1.807) is 34.1 Å². The highest BCUT2D eigenvalue weighted by Gasteiger charge is 2.54. The number of piperidine rings is 1. The van der Waals surface area contributed by atoms with Gasteiger partial charge in [-0.05, 0) is 61.6 Å². The van der Waals surface area contributed by atoms with E-state index < -0.39 is 23.8 Å². The van der Waals surface area contributed by atoms with Crippen LogP contribution in [0.2, 0.25) is 0 Å². The van der Waals surface area contributed by atoms with Crippen molar-refractivity contribution in [2.45, 2.75) is 52.1 Å². The fraction of sp³-hybridized carbons (Fsp3) is 0.412. The van der Waals surface area contributed by atoms with Crippen molar-refractivity contribution in [3.63, 3.8) is 0 Å². The Bertz CT molecular complexity index is 1440. The molecule has 10 heteroatoms. The number of rotatable bonds is 9. The standard InChI is InChI=1S/C34H37F3N2O5/c1-24(2)23-42-29-14-7-6-9-26(29)22-39-20-17-33(31(39)44-32(41)34(35,36)37)15-18-38(19-16-33)30(40)25-10-8-13-28(21-25)43-27-11-4-3-5-12-27/h3-14,21,24,31H,15-20,22-23H2,1-2H3. The minimum absolute atomic E-state index is 0.187. The first-order valence-corrected chi connectivity index (χ1v) is 14.9. The van der Waals surface area contributed by atoms with Gasteiger partial charge in [-0.1, -0.05) is 56.3 Å². The molecule has 5 rings (SSSR count). The van der Waals surface area contributed by atoms with Gasteiger partial charge in [-0.25, -0.2) is 4.79 Å². The average molecular weight is 611 g/mol. The van der Waals surface area contributed by atoms with E-state index in [4.69, 9.17) is 14.2 Å². The Labute approximate surface area is 255 Å². The van der Waals surface area contributed by atoms with E-state index in [9.17, 15) is 22.8 Å². The molecule has 0 bridgehead atoms. The summed E-state index contributed by atoms with van der Waals surface area (Å²) in [4.78, 5) is 29.1. The first-order chi connectivity index (χ1) is 21.0. The number of likely N-dealkylation sites (tertiary alicyclic amines) is 2. The Morgan fingerprint density at radius 2 is 1.55 bits per heavy atom. The fourth-order valence-electron chi connectivity index (χ4n) is 5.93. The summed E-state index contributed by atoms with van der Waals surface area (Å²) in [5.41, 5.74) is 0.549. The summed E-state index contributed by atoms with van der Waals surface area (Å²) in [5.74, 6) is -0.262. The molecule has 1 spiro atoms. The average Bonchev–Trinajstić information content (AvgIpc) is 3.32. The zero-order valence-corrected chi connectivity index (χ0v) is 24.9. The van der Waals surface area contributed by atoms with Gasteiger partial charge in [-0.3, -0.25) is 9.69 Å². The molecule has 0 aromatic heterocycles. The third kappa shape index (κ3) is 7.35. The van der Waals surface area contributed by atoms with Gasteiger partial charge in [0.15, 0.2) is 6.23 Å². The van der Waals surface area contributed by atoms with E-state index in [-0.39, 0.29) is 12.5 Å². The second-order valence-corrected chi connectivity index (χ2v) is 11.9. The number of ether oxygens (including phenoxy) is 3. The minimum atomic E-state index is -5.11. The van der Waals surface area contributed by atoms with E-state index in [1.807, 2.05) is 68.4 Å². The van der Waals surface area contributed by atoms with E-state index in [2.05, 4.69) is 0 Å². The normalized spacial score (nSPS) is 18.4. The topological polar surface area (TPSA) is 68.3 Å². The summed E-state index contributed by atoms with van der Waals surface area (Å²) in [6.45, 7) is 5.93. The van der Waals surface area contributed by atoms with Crippen molar-refractivity contribution in [2.75, 3.05) is 26.2 Å². The lowest BCUT2D eigenvalue weighted by Crippen LogP contribution is -2.51. The number of para-hydroxylation sites is 2. The Kier molecular flexibility index (Phi) is 9.48. The van der Waals surface area contributed by atoms with Crippen LogP contribution in [0.5, 0.6) is 17.2 Å². The number of amides is 1. The van der Waals surface area contributed by atoms with Gasteiger partial charge < -0.3 is 19.1 Å². The summed E-state index contributed by atoms with van der Waals surface area (Å²) < 4.78 is 57.3. The fourth-order valence-corrected chi connectivity index (χ4v) is 5.93. The third-order valence-corrected chi connectivity index (χ3v) is 8.23. The largest absolute Gasteiger partial charge is 0.493 e. The summed E-state index contributed by atoms with van der Waals surface area (Å²) in [6, 6.07) is 23.6. The number of hydrogen-bond acceptors (Lipinski definition) is 6. The van der Waals surface area contributed by atoms with Crippen LogP contribution in [0.4, 0.5) is 13.2 Å². The Morgan fingerprint density at radius 3 is 2.25 bits per heavy atom.